The van der Waals surface area contributed by atoms with E-state index in [-0.39, 0.29) is 38.9 Å². The predicted molar refractivity (Wildman–Crippen MR) is 118 cm³/mol. The number of rotatable bonds is 5. The van der Waals surface area contributed by atoms with Crippen LogP contribution in [0, 0.1) is 6.92 Å². The van der Waals surface area contributed by atoms with Crippen LogP contribution in [0.2, 0.25) is 10.0 Å². The molecule has 0 radical (unpaired) electrons. The Morgan fingerprint density at radius 1 is 1.10 bits per heavy atom. The van der Waals surface area contributed by atoms with Crippen LogP contribution in [0.5, 0.6) is 0 Å². The van der Waals surface area contributed by atoms with Gasteiger partial charge in [0.2, 0.25) is 5.91 Å². The highest BCUT2D eigenvalue weighted by molar-refractivity contribution is 6.39. The lowest BCUT2D eigenvalue weighted by atomic mass is 10.1. The molecule has 0 unspecified atom stereocenters. The maximum Gasteiger partial charge on any atom is 0.264 e. The molecule has 0 aliphatic carbocycles. The van der Waals surface area contributed by atoms with Gasteiger partial charge in [-0.1, -0.05) is 59.6 Å². The van der Waals surface area contributed by atoms with Crippen molar-refractivity contribution < 1.29 is 13.6 Å². The van der Waals surface area contributed by atoms with E-state index >= 15 is 0 Å². The summed E-state index contributed by atoms with van der Waals surface area (Å²) in [6, 6.07) is 15.2. The van der Waals surface area contributed by atoms with E-state index in [2.05, 4.69) is 15.4 Å². The second-order valence-electron chi connectivity index (χ2n) is 6.85. The number of nitrogens with one attached hydrogen (secondary N) is 1. The van der Waals surface area contributed by atoms with Gasteiger partial charge < -0.3 is 5.32 Å². The van der Waals surface area contributed by atoms with Crippen molar-refractivity contribution in [1.82, 2.24) is 14.8 Å². The normalized spacial score (nSPS) is 11.3. The van der Waals surface area contributed by atoms with Crippen LogP contribution in [0.1, 0.15) is 17.7 Å². The Morgan fingerprint density at radius 3 is 2.42 bits per heavy atom. The molecule has 4 rings (SSSR count). The molecule has 2 aromatic heterocycles. The topological polar surface area (TPSA) is 59.8 Å². The average molecular weight is 461 g/mol. The van der Waals surface area contributed by atoms with E-state index in [9.17, 15) is 13.6 Å². The van der Waals surface area contributed by atoms with Crippen LogP contribution < -0.4 is 5.32 Å². The van der Waals surface area contributed by atoms with Gasteiger partial charge in [0.15, 0.2) is 5.65 Å². The smallest absolute Gasteiger partial charge is 0.264 e. The number of aromatic nitrogens is 3. The second kappa shape index (κ2) is 8.61. The van der Waals surface area contributed by atoms with Gasteiger partial charge in [-0.25, -0.2) is 18.4 Å². The maximum absolute atomic E-state index is 13.8. The van der Waals surface area contributed by atoms with Crippen molar-refractivity contribution in [2.75, 3.05) is 5.32 Å². The lowest BCUT2D eigenvalue weighted by Gasteiger charge is -2.10. The number of amides is 1. The number of halogens is 4. The fourth-order valence-corrected chi connectivity index (χ4v) is 3.85. The first-order chi connectivity index (χ1) is 14.8. The van der Waals surface area contributed by atoms with Crippen LogP contribution in [0.4, 0.5) is 14.5 Å². The van der Waals surface area contributed by atoms with Crippen LogP contribution >= 0.6 is 23.2 Å². The molecule has 9 heteroatoms. The molecule has 1 amide bonds. The quantitative estimate of drug-likeness (QED) is 0.380. The molecule has 0 saturated carbocycles. The Hall–Kier alpha value is -3.03. The van der Waals surface area contributed by atoms with E-state index in [1.165, 1.54) is 10.7 Å². The number of carbonyl (C=O) groups is 1. The van der Waals surface area contributed by atoms with E-state index in [4.69, 9.17) is 23.2 Å². The van der Waals surface area contributed by atoms with Crippen molar-refractivity contribution in [2.24, 2.45) is 0 Å². The SMILES string of the molecule is Cc1nn(CC(=O)Nc2c(Cl)cccc2Cl)c2nc(-c3ccccc3)cc(C(F)F)c12. The van der Waals surface area contributed by atoms with Crippen LogP contribution in [0.3, 0.4) is 0 Å². The maximum atomic E-state index is 13.8. The fourth-order valence-electron chi connectivity index (χ4n) is 3.36. The van der Waals surface area contributed by atoms with Gasteiger partial charge in [0.1, 0.15) is 6.54 Å². The summed E-state index contributed by atoms with van der Waals surface area (Å²) in [5.74, 6) is -0.468. The highest BCUT2D eigenvalue weighted by Gasteiger charge is 2.22. The Labute approximate surface area is 186 Å². The van der Waals surface area contributed by atoms with E-state index < -0.39 is 12.3 Å². The summed E-state index contributed by atoms with van der Waals surface area (Å²) >= 11 is 12.2. The van der Waals surface area contributed by atoms with E-state index in [0.717, 1.165) is 0 Å². The van der Waals surface area contributed by atoms with Crippen molar-refractivity contribution in [3.8, 4) is 11.3 Å². The fraction of sp³-hybridized carbons (Fsp3) is 0.136. The minimum absolute atomic E-state index is 0.179. The zero-order chi connectivity index (χ0) is 22.1. The van der Waals surface area contributed by atoms with Crippen molar-refractivity contribution >= 4 is 45.8 Å². The summed E-state index contributed by atoms with van der Waals surface area (Å²) in [5.41, 5.74) is 1.72. The molecule has 0 bridgehead atoms. The molecular weight excluding hydrogens is 445 g/mol. The van der Waals surface area contributed by atoms with Crippen LogP contribution in [-0.4, -0.2) is 20.7 Å². The zero-order valence-electron chi connectivity index (χ0n) is 16.2. The summed E-state index contributed by atoms with van der Waals surface area (Å²) < 4.78 is 29.0. The Kier molecular flexibility index (Phi) is 5.89. The summed E-state index contributed by atoms with van der Waals surface area (Å²) in [4.78, 5) is 17.2. The first-order valence-corrected chi connectivity index (χ1v) is 10.1. The van der Waals surface area contributed by atoms with Crippen molar-refractivity contribution in [2.45, 2.75) is 19.9 Å². The Morgan fingerprint density at radius 2 is 1.77 bits per heavy atom. The minimum Gasteiger partial charge on any atom is -0.322 e. The van der Waals surface area contributed by atoms with Gasteiger partial charge >= 0.3 is 0 Å². The largest absolute Gasteiger partial charge is 0.322 e. The first kappa shape index (κ1) is 21.2. The highest BCUT2D eigenvalue weighted by Crippen LogP contribution is 2.33. The molecule has 0 aliphatic rings. The molecule has 1 N–H and O–H groups in total. The van der Waals surface area contributed by atoms with E-state index in [1.54, 1.807) is 49.4 Å². The molecule has 0 aliphatic heterocycles. The number of carbonyl (C=O) groups excluding carboxylic acids is 1. The van der Waals surface area contributed by atoms with Crippen LogP contribution in [0.25, 0.3) is 22.3 Å². The number of anilines is 1. The molecule has 4 aromatic rings. The molecule has 158 valence electrons. The summed E-state index contributed by atoms with van der Waals surface area (Å²) in [6.07, 6.45) is -2.72. The predicted octanol–water partition coefficient (Wildman–Crippen LogP) is 6.29. The Bertz CT molecular complexity index is 1260. The number of pyridine rings is 1. The molecular formula is C22H16Cl2F2N4O. The number of hydrogen-bond donors (Lipinski definition) is 1. The molecule has 31 heavy (non-hydrogen) atoms. The molecule has 0 atom stereocenters. The van der Waals surface area contributed by atoms with Crippen molar-refractivity contribution in [1.29, 1.82) is 0 Å². The molecule has 0 saturated heterocycles. The third-order valence-electron chi connectivity index (χ3n) is 4.73. The number of nitrogens with zero attached hydrogens (tertiary/aromatic N) is 3. The zero-order valence-corrected chi connectivity index (χ0v) is 17.8. The standard InChI is InChI=1S/C22H16Cl2F2N4O/c1-12-19-14(21(25)26)10-17(13-6-3-2-4-7-13)27-22(19)30(29-12)11-18(31)28-20-15(23)8-5-9-16(20)24/h2-10,21H,11H2,1H3,(H,28,31). The van der Waals surface area contributed by atoms with E-state index in [0.29, 0.717) is 17.0 Å². The summed E-state index contributed by atoms with van der Waals surface area (Å²) in [7, 11) is 0. The van der Waals surface area contributed by atoms with Gasteiger partial charge in [0.05, 0.1) is 32.5 Å². The number of benzene rings is 2. The average Bonchev–Trinajstić information content (AvgIpc) is 3.06. The van der Waals surface area contributed by atoms with Crippen LogP contribution in [-0.2, 0) is 11.3 Å². The van der Waals surface area contributed by atoms with Gasteiger partial charge in [-0.15, -0.1) is 0 Å². The van der Waals surface area contributed by atoms with E-state index in [1.807, 2.05) is 6.07 Å². The Balaban J connectivity index is 1.76. The van der Waals surface area contributed by atoms with Crippen molar-refractivity contribution in [3.63, 3.8) is 0 Å². The van der Waals surface area contributed by atoms with Crippen LogP contribution in [0.15, 0.2) is 54.6 Å². The summed E-state index contributed by atoms with van der Waals surface area (Å²) in [6.45, 7) is 1.36. The summed E-state index contributed by atoms with van der Waals surface area (Å²) in [5, 5.41) is 7.74. The molecule has 0 spiro atoms. The minimum atomic E-state index is -2.72. The molecule has 0 fully saturated rings. The van der Waals surface area contributed by atoms with Gasteiger partial charge in [-0.3, -0.25) is 4.79 Å². The number of hydrogen-bond acceptors (Lipinski definition) is 3. The lowest BCUT2D eigenvalue weighted by Crippen LogP contribution is -2.20. The van der Waals surface area contributed by atoms with Gasteiger partial charge in [-0.05, 0) is 25.1 Å². The number of fused-ring (bicyclic) bond motifs is 1. The molecule has 2 heterocycles. The second-order valence-corrected chi connectivity index (χ2v) is 7.66. The third kappa shape index (κ3) is 4.24. The first-order valence-electron chi connectivity index (χ1n) is 9.30. The van der Waals surface area contributed by atoms with Gasteiger partial charge in [-0.2, -0.15) is 5.10 Å². The monoisotopic (exact) mass is 460 g/mol. The lowest BCUT2D eigenvalue weighted by molar-refractivity contribution is -0.116. The number of alkyl halides is 2. The molecule has 2 aromatic carbocycles. The molecule has 5 nitrogen and oxygen atoms in total. The number of aryl methyl sites for hydroxylation is 1. The number of para-hydroxylation sites is 1. The highest BCUT2D eigenvalue weighted by atomic mass is 35.5. The van der Waals surface area contributed by atoms with Gasteiger partial charge in [0.25, 0.3) is 6.43 Å². The van der Waals surface area contributed by atoms with Gasteiger partial charge in [0, 0.05) is 11.1 Å². The third-order valence-corrected chi connectivity index (χ3v) is 5.36. The van der Waals surface area contributed by atoms with Crippen molar-refractivity contribution in [3.05, 3.63) is 75.9 Å².